The molecule has 2 aromatic rings. The fraction of sp³-hybridized carbons (Fsp3) is 0.435. The van der Waals surface area contributed by atoms with E-state index < -0.39 is 27.5 Å². The molecule has 0 aliphatic carbocycles. The van der Waals surface area contributed by atoms with Crippen LogP contribution in [0.15, 0.2) is 36.4 Å². The summed E-state index contributed by atoms with van der Waals surface area (Å²) in [5.74, 6) is -1.20. The molecule has 1 amide bonds. The number of nitrogens with one attached hydrogen (secondary N) is 2. The van der Waals surface area contributed by atoms with Crippen molar-refractivity contribution >= 4 is 27.3 Å². The first-order valence-corrected chi connectivity index (χ1v) is 12.7. The fourth-order valence-corrected chi connectivity index (χ4v) is 5.13. The molecule has 178 valence electrons. The standard InChI is InChI=1S/C23H28FN3O5S/c24-19-12-17(23-18(13-19)14-31-16-32-23)8-9-25-22(28)15-33(29,30)26-20-4-6-21(7-5-20)27-10-2-1-3-11-27/h4-7,12-13,26H,1-3,8-11,14-16H2,(H,25,28). The van der Waals surface area contributed by atoms with Crippen LogP contribution in [-0.4, -0.2) is 46.5 Å². The van der Waals surface area contributed by atoms with Crippen molar-refractivity contribution in [3.8, 4) is 5.75 Å². The van der Waals surface area contributed by atoms with Crippen LogP contribution < -0.4 is 19.7 Å². The van der Waals surface area contributed by atoms with Crippen LogP contribution in [0.1, 0.15) is 30.4 Å². The number of anilines is 2. The Kier molecular flexibility index (Phi) is 7.34. The second-order valence-corrected chi connectivity index (χ2v) is 9.94. The first-order valence-electron chi connectivity index (χ1n) is 11.0. The lowest BCUT2D eigenvalue weighted by Gasteiger charge is -2.28. The van der Waals surface area contributed by atoms with Gasteiger partial charge in [0.1, 0.15) is 17.3 Å². The Balaban J connectivity index is 1.27. The molecule has 1 saturated heterocycles. The number of rotatable bonds is 8. The Hall–Kier alpha value is -2.85. The Morgan fingerprint density at radius 2 is 1.85 bits per heavy atom. The molecule has 0 spiro atoms. The Morgan fingerprint density at radius 1 is 1.09 bits per heavy atom. The average molecular weight is 478 g/mol. The van der Waals surface area contributed by atoms with Crippen LogP contribution in [0.3, 0.4) is 0 Å². The number of carbonyl (C=O) groups is 1. The van der Waals surface area contributed by atoms with E-state index in [0.29, 0.717) is 29.0 Å². The van der Waals surface area contributed by atoms with Gasteiger partial charge in [-0.3, -0.25) is 9.52 Å². The molecule has 0 unspecified atom stereocenters. The number of halogens is 1. The quantitative estimate of drug-likeness (QED) is 0.607. The number of amides is 1. The molecule has 0 aromatic heterocycles. The summed E-state index contributed by atoms with van der Waals surface area (Å²) in [6.07, 6.45) is 3.86. The van der Waals surface area contributed by atoms with Crippen LogP contribution in [0.2, 0.25) is 0 Å². The summed E-state index contributed by atoms with van der Waals surface area (Å²) in [7, 11) is -3.86. The highest BCUT2D eigenvalue weighted by Gasteiger charge is 2.19. The largest absolute Gasteiger partial charge is 0.467 e. The SMILES string of the molecule is O=C(CS(=O)(=O)Nc1ccc(N2CCCCC2)cc1)NCCc1cc(F)cc2c1OCOC2. The molecule has 1 fully saturated rings. The van der Waals surface area contributed by atoms with Gasteiger partial charge in [0.05, 0.1) is 6.61 Å². The molecule has 10 heteroatoms. The van der Waals surface area contributed by atoms with E-state index in [-0.39, 0.29) is 19.9 Å². The highest BCUT2D eigenvalue weighted by molar-refractivity contribution is 7.93. The molecule has 4 rings (SSSR count). The maximum absolute atomic E-state index is 13.8. The minimum Gasteiger partial charge on any atom is -0.467 e. The number of ether oxygens (including phenoxy) is 2. The molecular weight excluding hydrogens is 449 g/mol. The lowest BCUT2D eigenvalue weighted by molar-refractivity contribution is -0.118. The fourth-order valence-electron chi connectivity index (χ4n) is 4.11. The number of fused-ring (bicyclic) bond motifs is 1. The Bertz CT molecular complexity index is 1090. The van der Waals surface area contributed by atoms with E-state index in [1.54, 1.807) is 12.1 Å². The molecule has 2 N–H and O–H groups in total. The van der Waals surface area contributed by atoms with Crippen molar-refractivity contribution in [1.29, 1.82) is 0 Å². The van der Waals surface area contributed by atoms with E-state index in [9.17, 15) is 17.6 Å². The van der Waals surface area contributed by atoms with Gasteiger partial charge in [-0.25, -0.2) is 12.8 Å². The van der Waals surface area contributed by atoms with Crippen molar-refractivity contribution in [2.24, 2.45) is 0 Å². The molecule has 8 nitrogen and oxygen atoms in total. The minimum atomic E-state index is -3.86. The number of hydrogen-bond donors (Lipinski definition) is 2. The van der Waals surface area contributed by atoms with E-state index in [1.807, 2.05) is 12.1 Å². The summed E-state index contributed by atoms with van der Waals surface area (Å²) in [5.41, 5.74) is 2.68. The molecule has 33 heavy (non-hydrogen) atoms. The number of benzene rings is 2. The lowest BCUT2D eigenvalue weighted by atomic mass is 10.1. The second-order valence-electron chi connectivity index (χ2n) is 8.22. The first-order chi connectivity index (χ1) is 15.9. The zero-order valence-electron chi connectivity index (χ0n) is 18.3. The highest BCUT2D eigenvalue weighted by Crippen LogP contribution is 2.29. The predicted octanol–water partition coefficient (Wildman–Crippen LogP) is 2.78. The predicted molar refractivity (Wildman–Crippen MR) is 123 cm³/mol. The molecule has 2 aromatic carbocycles. The van der Waals surface area contributed by atoms with E-state index in [1.165, 1.54) is 18.6 Å². The van der Waals surface area contributed by atoms with Crippen LogP contribution in [0, 0.1) is 5.82 Å². The van der Waals surface area contributed by atoms with Crippen molar-refractivity contribution in [3.63, 3.8) is 0 Å². The summed E-state index contributed by atoms with van der Waals surface area (Å²) in [4.78, 5) is 14.5. The van der Waals surface area contributed by atoms with Gasteiger partial charge >= 0.3 is 0 Å². The summed E-state index contributed by atoms with van der Waals surface area (Å²) in [6, 6.07) is 9.88. The lowest BCUT2D eigenvalue weighted by Crippen LogP contribution is -2.34. The third kappa shape index (κ3) is 6.35. The van der Waals surface area contributed by atoms with Gasteiger partial charge in [-0.05, 0) is 67.6 Å². The van der Waals surface area contributed by atoms with Crippen LogP contribution in [0.25, 0.3) is 0 Å². The first kappa shape index (κ1) is 23.3. The third-order valence-corrected chi connectivity index (χ3v) is 6.84. The maximum atomic E-state index is 13.8. The topological polar surface area (TPSA) is 97.0 Å². The van der Waals surface area contributed by atoms with Gasteiger partial charge in [-0.2, -0.15) is 0 Å². The maximum Gasteiger partial charge on any atom is 0.241 e. The summed E-state index contributed by atoms with van der Waals surface area (Å²) < 4.78 is 51.7. The number of hydrogen-bond acceptors (Lipinski definition) is 6. The molecule has 0 bridgehead atoms. The van der Waals surface area contributed by atoms with Gasteiger partial charge in [0.25, 0.3) is 0 Å². The average Bonchev–Trinajstić information content (AvgIpc) is 2.79. The summed E-state index contributed by atoms with van der Waals surface area (Å²) >= 11 is 0. The summed E-state index contributed by atoms with van der Waals surface area (Å²) in [6.45, 7) is 2.50. The molecule has 0 saturated carbocycles. The second kappa shape index (κ2) is 10.4. The van der Waals surface area contributed by atoms with Gasteiger partial charge in [-0.15, -0.1) is 0 Å². The van der Waals surface area contributed by atoms with Gasteiger partial charge in [-0.1, -0.05) is 0 Å². The normalized spacial score (nSPS) is 16.0. The molecule has 0 radical (unpaired) electrons. The van der Waals surface area contributed by atoms with Gasteiger partial charge in [0.15, 0.2) is 6.79 Å². The number of carbonyl (C=O) groups excluding carboxylic acids is 1. The van der Waals surface area contributed by atoms with E-state index in [4.69, 9.17) is 9.47 Å². The van der Waals surface area contributed by atoms with E-state index in [2.05, 4.69) is 14.9 Å². The zero-order valence-corrected chi connectivity index (χ0v) is 19.1. The van der Waals surface area contributed by atoms with Crippen LogP contribution in [0.4, 0.5) is 15.8 Å². The van der Waals surface area contributed by atoms with Crippen molar-refractivity contribution in [2.75, 3.05) is 41.8 Å². The van der Waals surface area contributed by atoms with Crippen molar-refractivity contribution in [2.45, 2.75) is 32.3 Å². The molecule has 2 heterocycles. The van der Waals surface area contributed by atoms with Gasteiger partial charge < -0.3 is 19.7 Å². The van der Waals surface area contributed by atoms with Crippen LogP contribution in [-0.2, 0) is 32.6 Å². The monoisotopic (exact) mass is 477 g/mol. The van der Waals surface area contributed by atoms with Gasteiger partial charge in [0.2, 0.25) is 15.9 Å². The minimum absolute atomic E-state index is 0.0842. The van der Waals surface area contributed by atoms with Crippen LogP contribution >= 0.6 is 0 Å². The third-order valence-electron chi connectivity index (χ3n) is 5.65. The number of sulfonamides is 1. The van der Waals surface area contributed by atoms with Crippen molar-refractivity contribution < 1.29 is 27.1 Å². The Labute approximate surface area is 193 Å². The highest BCUT2D eigenvalue weighted by atomic mass is 32.2. The molecule has 2 aliphatic rings. The molecular formula is C23H28FN3O5S. The molecule has 2 aliphatic heterocycles. The number of nitrogens with zero attached hydrogens (tertiary/aromatic N) is 1. The van der Waals surface area contributed by atoms with E-state index >= 15 is 0 Å². The number of piperidine rings is 1. The van der Waals surface area contributed by atoms with E-state index in [0.717, 1.165) is 31.6 Å². The summed E-state index contributed by atoms with van der Waals surface area (Å²) in [5, 5.41) is 2.58. The smallest absolute Gasteiger partial charge is 0.241 e. The van der Waals surface area contributed by atoms with Crippen LogP contribution in [0.5, 0.6) is 5.75 Å². The van der Waals surface area contributed by atoms with Crippen molar-refractivity contribution in [1.82, 2.24) is 5.32 Å². The van der Waals surface area contributed by atoms with Gasteiger partial charge in [0, 0.05) is 36.6 Å². The molecule has 0 atom stereocenters. The Morgan fingerprint density at radius 3 is 2.61 bits per heavy atom. The zero-order chi connectivity index (χ0) is 23.3. The van der Waals surface area contributed by atoms with Crippen molar-refractivity contribution in [3.05, 3.63) is 53.3 Å².